The molecule has 5 heavy (non-hydrogen) atoms. The Morgan fingerprint density at radius 1 is 2.00 bits per heavy atom. The van der Waals surface area contributed by atoms with Crippen molar-refractivity contribution in [2.24, 2.45) is 0 Å². The molecule has 0 saturated carbocycles. The van der Waals surface area contributed by atoms with E-state index < -0.39 is 0 Å². The van der Waals surface area contributed by atoms with Gasteiger partial charge in [-0.05, 0) is 0 Å². The molecule has 0 aliphatic rings. The van der Waals surface area contributed by atoms with Crippen LogP contribution in [0.2, 0.25) is 0 Å². The van der Waals surface area contributed by atoms with E-state index in [1.807, 2.05) is 0 Å². The predicted octanol–water partition coefficient (Wildman–Crippen LogP) is 0.766. The van der Waals surface area contributed by atoms with Gasteiger partial charge in [0.1, 0.15) is 0 Å². The molecule has 3 heteroatoms. The van der Waals surface area contributed by atoms with Crippen LogP contribution in [0.25, 0.3) is 0 Å². The molecule has 0 amide bonds. The summed E-state index contributed by atoms with van der Waals surface area (Å²) in [5.74, 6) is 0. The Labute approximate surface area is 39.0 Å². The summed E-state index contributed by atoms with van der Waals surface area (Å²) in [6.07, 6.45) is 0.809. The molecule has 1 atom stereocenters. The van der Waals surface area contributed by atoms with E-state index in [2.05, 4.69) is 14.1 Å². The molecule has 0 rings (SSSR count). The number of hydrogen-bond acceptors (Lipinski definition) is 1. The zero-order chi connectivity index (χ0) is 4.28. The van der Waals surface area contributed by atoms with Crippen molar-refractivity contribution in [1.29, 1.82) is 0 Å². The van der Waals surface area contributed by atoms with E-state index in [1.54, 1.807) is 0 Å². The fourth-order valence-electron chi connectivity index (χ4n) is 0. The van der Waals surface area contributed by atoms with Crippen molar-refractivity contribution < 1.29 is 0 Å². The fourth-order valence-corrected chi connectivity index (χ4v) is 0. The molecule has 28 valence electrons. The maximum atomic E-state index is 4.73. The van der Waals surface area contributed by atoms with Crippen molar-refractivity contribution in [3.05, 3.63) is 0 Å². The fraction of sp³-hybridized carbons (Fsp3) is 1.00. The van der Waals surface area contributed by atoms with Crippen molar-refractivity contribution in [3.63, 3.8) is 0 Å². The van der Waals surface area contributed by atoms with Crippen LogP contribution < -0.4 is 0 Å². The summed E-state index contributed by atoms with van der Waals surface area (Å²) in [6, 6.07) is 0. The first-order valence-electron chi connectivity index (χ1n) is 1.52. The molecule has 0 aromatic carbocycles. The van der Waals surface area contributed by atoms with Crippen LogP contribution >= 0.6 is 6.19 Å². The summed E-state index contributed by atoms with van der Waals surface area (Å²) < 4.78 is 0. The third kappa shape index (κ3) is 4.58. The maximum absolute atomic E-state index is 4.73. The Bertz CT molecular complexity index is 67.7. The van der Waals surface area contributed by atoms with Crippen molar-refractivity contribution in [1.82, 2.24) is 0 Å². The van der Waals surface area contributed by atoms with E-state index in [-0.39, 0.29) is 6.19 Å². The Balaban J connectivity index is 3.23. The summed E-state index contributed by atoms with van der Waals surface area (Å²) >= 11 is 4.73. The minimum atomic E-state index is -0.265. The number of hydrogen-bond donors (Lipinski definition) is 0. The second-order valence-corrected chi connectivity index (χ2v) is 3.94. The second-order valence-electron chi connectivity index (χ2n) is 0.798. The van der Waals surface area contributed by atoms with E-state index in [4.69, 9.17) is 11.8 Å². The third-order valence-electron chi connectivity index (χ3n) is 0.353. The second kappa shape index (κ2) is 2.80. The normalized spacial score (nSPS) is 10.8. The minimum absolute atomic E-state index is 0.265. The van der Waals surface area contributed by atoms with Gasteiger partial charge < -0.3 is 0 Å². The standard InChI is InChI=1S/C2H6BPS/c1-2-4(3)5/h3H,2H2,1H3. The summed E-state index contributed by atoms with van der Waals surface area (Å²) in [4.78, 5) is 0. The summed E-state index contributed by atoms with van der Waals surface area (Å²) in [7, 11) is 3.64. The summed E-state index contributed by atoms with van der Waals surface area (Å²) in [5.41, 5.74) is 0. The van der Waals surface area contributed by atoms with Gasteiger partial charge in [-0.3, -0.25) is 0 Å². The molecule has 0 radical (unpaired) electrons. The average Bonchev–Trinajstić information content (AvgIpc) is 1.38. The Hall–Kier alpha value is 0.585. The molecule has 0 nitrogen and oxygen atoms in total. The molecule has 0 bridgehead atoms. The SMILES string of the molecule is B=P(=S)CC. The summed E-state index contributed by atoms with van der Waals surface area (Å²) in [5, 5.41) is 0. The third-order valence-corrected chi connectivity index (χ3v) is 1.83. The van der Waals surface area contributed by atoms with Crippen LogP contribution in [-0.4, -0.2) is 13.3 Å². The Morgan fingerprint density at radius 2 is 2.20 bits per heavy atom. The monoisotopic (exact) mass is 104 g/mol. The molecule has 0 aliphatic heterocycles. The van der Waals surface area contributed by atoms with E-state index >= 15 is 0 Å². The molecule has 0 fully saturated rings. The van der Waals surface area contributed by atoms with Crippen molar-refractivity contribution in [2.75, 3.05) is 6.16 Å². The first-order chi connectivity index (χ1) is 2.27. The van der Waals surface area contributed by atoms with Crippen LogP contribution in [-0.2, 0) is 11.8 Å². The van der Waals surface area contributed by atoms with Gasteiger partial charge in [0.15, 0.2) is 0 Å². The Morgan fingerprint density at radius 3 is 2.20 bits per heavy atom. The molecule has 0 heterocycles. The van der Waals surface area contributed by atoms with Gasteiger partial charge in [-0.15, -0.1) is 0 Å². The van der Waals surface area contributed by atoms with Gasteiger partial charge in [0.25, 0.3) is 0 Å². The molecule has 0 N–H and O–H groups in total. The van der Waals surface area contributed by atoms with E-state index in [0.29, 0.717) is 0 Å². The first-order valence-corrected chi connectivity index (χ1v) is 4.25. The molecule has 0 aromatic rings. The zero-order valence-corrected chi connectivity index (χ0v) is 4.98. The van der Waals surface area contributed by atoms with Crippen LogP contribution in [0.3, 0.4) is 0 Å². The average molecular weight is 104 g/mol. The van der Waals surface area contributed by atoms with Gasteiger partial charge in [0.05, 0.1) is 0 Å². The zero-order valence-electron chi connectivity index (χ0n) is 3.27. The van der Waals surface area contributed by atoms with Crippen LogP contribution in [0.4, 0.5) is 0 Å². The first kappa shape index (κ1) is 5.58. The van der Waals surface area contributed by atoms with Crippen LogP contribution in [0.5, 0.6) is 0 Å². The van der Waals surface area contributed by atoms with Crippen LogP contribution in [0.15, 0.2) is 0 Å². The Kier molecular flexibility index (Phi) is 3.13. The van der Waals surface area contributed by atoms with Crippen molar-refractivity contribution in [3.8, 4) is 0 Å². The molecule has 0 spiro atoms. The van der Waals surface area contributed by atoms with E-state index in [9.17, 15) is 0 Å². The van der Waals surface area contributed by atoms with E-state index in [0.717, 1.165) is 6.16 Å². The van der Waals surface area contributed by atoms with Gasteiger partial charge in [-0.1, -0.05) is 0 Å². The molecular formula is C2H6BPS. The predicted molar refractivity (Wildman–Crippen MR) is 32.0 cm³/mol. The van der Waals surface area contributed by atoms with Gasteiger partial charge in [-0.25, -0.2) is 0 Å². The van der Waals surface area contributed by atoms with Gasteiger partial charge in [0.2, 0.25) is 0 Å². The summed E-state index contributed by atoms with van der Waals surface area (Å²) in [6.45, 7) is 2.06. The topological polar surface area (TPSA) is 0 Å². The van der Waals surface area contributed by atoms with Crippen LogP contribution in [0, 0.1) is 0 Å². The number of rotatable bonds is 1. The molecule has 0 aliphatic carbocycles. The van der Waals surface area contributed by atoms with Gasteiger partial charge >= 0.3 is 38.3 Å². The quantitative estimate of drug-likeness (QED) is 0.349. The molecular weight excluding hydrogens is 97.9 g/mol. The van der Waals surface area contributed by atoms with Crippen LogP contribution in [0.1, 0.15) is 6.92 Å². The van der Waals surface area contributed by atoms with Crippen molar-refractivity contribution in [2.45, 2.75) is 6.92 Å². The molecule has 1 unspecified atom stereocenters. The van der Waals surface area contributed by atoms with Crippen molar-refractivity contribution >= 4 is 25.2 Å². The van der Waals surface area contributed by atoms with Gasteiger partial charge in [-0.2, -0.15) is 0 Å². The van der Waals surface area contributed by atoms with E-state index in [1.165, 1.54) is 0 Å². The molecule has 0 saturated heterocycles. The van der Waals surface area contributed by atoms with Gasteiger partial charge in [0, 0.05) is 0 Å². The molecule has 0 aromatic heterocycles.